The van der Waals surface area contributed by atoms with E-state index in [1.807, 2.05) is 49.4 Å². The van der Waals surface area contributed by atoms with Crippen molar-refractivity contribution in [1.82, 2.24) is 4.31 Å². The van der Waals surface area contributed by atoms with Gasteiger partial charge in [0.2, 0.25) is 10.0 Å². The first kappa shape index (κ1) is 21.5. The summed E-state index contributed by atoms with van der Waals surface area (Å²) in [5.41, 5.74) is 2.64. The third kappa shape index (κ3) is 5.06. The van der Waals surface area contributed by atoms with E-state index >= 15 is 0 Å². The SMILES string of the molecule is Cc1ccc(S(=O)(=O)N(C)C)cc1NC(=O)c1ccc(COc2ccccc2)cc1. The number of carbonyl (C=O) groups excluding carboxylic acids is 1. The van der Waals surface area contributed by atoms with Crippen LogP contribution in [0.25, 0.3) is 0 Å². The Morgan fingerprint density at radius 2 is 1.63 bits per heavy atom. The van der Waals surface area contributed by atoms with Crippen molar-refractivity contribution in [3.05, 3.63) is 89.5 Å². The highest BCUT2D eigenvalue weighted by Gasteiger charge is 2.19. The van der Waals surface area contributed by atoms with Gasteiger partial charge in [0.15, 0.2) is 0 Å². The normalized spacial score (nSPS) is 11.3. The molecular formula is C23H24N2O4S. The van der Waals surface area contributed by atoms with E-state index in [0.717, 1.165) is 21.2 Å². The fourth-order valence-corrected chi connectivity index (χ4v) is 3.67. The lowest BCUT2D eigenvalue weighted by Gasteiger charge is -2.14. The summed E-state index contributed by atoms with van der Waals surface area (Å²) in [4.78, 5) is 12.8. The van der Waals surface area contributed by atoms with Crippen molar-refractivity contribution in [3.8, 4) is 5.75 Å². The van der Waals surface area contributed by atoms with Gasteiger partial charge in [0.05, 0.1) is 4.90 Å². The predicted octanol–water partition coefficient (Wildman–Crippen LogP) is 4.08. The molecule has 0 atom stereocenters. The summed E-state index contributed by atoms with van der Waals surface area (Å²) >= 11 is 0. The van der Waals surface area contributed by atoms with Crippen LogP contribution in [0.4, 0.5) is 5.69 Å². The van der Waals surface area contributed by atoms with E-state index < -0.39 is 10.0 Å². The number of nitrogens with one attached hydrogen (secondary N) is 1. The Morgan fingerprint density at radius 3 is 2.27 bits per heavy atom. The maximum Gasteiger partial charge on any atom is 0.255 e. The molecule has 6 nitrogen and oxygen atoms in total. The second-order valence-corrected chi connectivity index (χ2v) is 9.17. The Bertz CT molecular complexity index is 1130. The largest absolute Gasteiger partial charge is 0.489 e. The van der Waals surface area contributed by atoms with E-state index in [2.05, 4.69) is 5.32 Å². The van der Waals surface area contributed by atoms with Crippen LogP contribution < -0.4 is 10.1 Å². The molecule has 7 heteroatoms. The molecule has 0 spiro atoms. The van der Waals surface area contributed by atoms with Gasteiger partial charge in [-0.05, 0) is 54.4 Å². The average Bonchev–Trinajstić information content (AvgIpc) is 2.74. The number of hydrogen-bond donors (Lipinski definition) is 1. The van der Waals surface area contributed by atoms with Gasteiger partial charge in [-0.3, -0.25) is 4.79 Å². The lowest BCUT2D eigenvalue weighted by molar-refractivity contribution is 0.102. The van der Waals surface area contributed by atoms with Gasteiger partial charge in [-0.1, -0.05) is 36.4 Å². The maximum absolute atomic E-state index is 12.6. The molecule has 0 saturated heterocycles. The molecule has 0 saturated carbocycles. The van der Waals surface area contributed by atoms with Gasteiger partial charge >= 0.3 is 0 Å². The number of ether oxygens (including phenoxy) is 1. The molecule has 30 heavy (non-hydrogen) atoms. The Balaban J connectivity index is 1.70. The van der Waals surface area contributed by atoms with Gasteiger partial charge in [0, 0.05) is 25.3 Å². The third-order valence-corrected chi connectivity index (χ3v) is 6.41. The zero-order chi connectivity index (χ0) is 21.7. The standard InChI is InChI=1S/C23H24N2O4S/c1-17-9-14-21(30(27,28)25(2)3)15-22(17)24-23(26)19-12-10-18(11-13-19)16-29-20-7-5-4-6-8-20/h4-15H,16H2,1-3H3,(H,24,26). The van der Waals surface area contributed by atoms with Gasteiger partial charge < -0.3 is 10.1 Å². The van der Waals surface area contributed by atoms with Crippen molar-refractivity contribution in [3.63, 3.8) is 0 Å². The van der Waals surface area contributed by atoms with Gasteiger partial charge in [-0.15, -0.1) is 0 Å². The number of aryl methyl sites for hydroxylation is 1. The molecule has 0 fully saturated rings. The monoisotopic (exact) mass is 424 g/mol. The van der Waals surface area contributed by atoms with Gasteiger partial charge in [-0.2, -0.15) is 0 Å². The van der Waals surface area contributed by atoms with Gasteiger partial charge in [0.1, 0.15) is 12.4 Å². The fourth-order valence-electron chi connectivity index (χ4n) is 2.74. The number of para-hydroxylation sites is 1. The van der Waals surface area contributed by atoms with Crippen LogP contribution in [0.2, 0.25) is 0 Å². The van der Waals surface area contributed by atoms with Crippen molar-refractivity contribution < 1.29 is 17.9 Å². The highest BCUT2D eigenvalue weighted by atomic mass is 32.2. The lowest BCUT2D eigenvalue weighted by Crippen LogP contribution is -2.22. The van der Waals surface area contributed by atoms with Crippen molar-refractivity contribution in [2.45, 2.75) is 18.4 Å². The van der Waals surface area contributed by atoms with E-state index in [1.54, 1.807) is 18.2 Å². The molecule has 3 rings (SSSR count). The number of nitrogens with zero attached hydrogens (tertiary/aromatic N) is 1. The number of sulfonamides is 1. The van der Waals surface area contributed by atoms with Crippen LogP contribution in [0.5, 0.6) is 5.75 Å². The number of hydrogen-bond acceptors (Lipinski definition) is 4. The Hall–Kier alpha value is -3.16. The number of amides is 1. The van der Waals surface area contributed by atoms with Crippen molar-refractivity contribution in [1.29, 1.82) is 0 Å². The number of carbonyl (C=O) groups is 1. The Kier molecular flexibility index (Phi) is 6.54. The summed E-state index contributed by atoms with van der Waals surface area (Å²) in [6.07, 6.45) is 0. The summed E-state index contributed by atoms with van der Waals surface area (Å²) < 4.78 is 31.6. The van der Waals surface area contributed by atoms with Crippen molar-refractivity contribution in [2.24, 2.45) is 0 Å². The number of rotatable bonds is 7. The first-order chi connectivity index (χ1) is 14.3. The second kappa shape index (κ2) is 9.11. The molecule has 0 radical (unpaired) electrons. The molecule has 3 aromatic carbocycles. The summed E-state index contributed by atoms with van der Waals surface area (Å²) in [5.74, 6) is 0.468. The number of anilines is 1. The molecule has 0 aliphatic rings. The van der Waals surface area contributed by atoms with Crippen LogP contribution in [0.15, 0.2) is 77.7 Å². The van der Waals surface area contributed by atoms with Gasteiger partial charge in [0.25, 0.3) is 5.91 Å². The van der Waals surface area contributed by atoms with Crippen LogP contribution in [0, 0.1) is 6.92 Å². The summed E-state index contributed by atoms with van der Waals surface area (Å²) in [5, 5.41) is 2.80. The number of benzene rings is 3. The highest BCUT2D eigenvalue weighted by Crippen LogP contribution is 2.23. The van der Waals surface area contributed by atoms with E-state index in [-0.39, 0.29) is 10.8 Å². The van der Waals surface area contributed by atoms with Crippen LogP contribution in [0.3, 0.4) is 0 Å². The third-order valence-electron chi connectivity index (χ3n) is 4.60. The summed E-state index contributed by atoms with van der Waals surface area (Å²) in [6, 6.07) is 21.3. The van der Waals surface area contributed by atoms with Crippen molar-refractivity contribution in [2.75, 3.05) is 19.4 Å². The second-order valence-electron chi connectivity index (χ2n) is 7.02. The smallest absolute Gasteiger partial charge is 0.255 e. The first-order valence-corrected chi connectivity index (χ1v) is 10.8. The summed E-state index contributed by atoms with van der Waals surface area (Å²) in [6.45, 7) is 2.21. The topological polar surface area (TPSA) is 75.7 Å². The van der Waals surface area contributed by atoms with E-state index in [1.165, 1.54) is 26.2 Å². The zero-order valence-corrected chi connectivity index (χ0v) is 17.9. The minimum Gasteiger partial charge on any atom is -0.489 e. The molecular weight excluding hydrogens is 400 g/mol. The molecule has 1 amide bonds. The quantitative estimate of drug-likeness (QED) is 0.620. The maximum atomic E-state index is 12.6. The van der Waals surface area contributed by atoms with Crippen LogP contribution in [-0.4, -0.2) is 32.7 Å². The van der Waals surface area contributed by atoms with Crippen LogP contribution >= 0.6 is 0 Å². The predicted molar refractivity (Wildman–Crippen MR) is 117 cm³/mol. The minimum absolute atomic E-state index is 0.127. The molecule has 156 valence electrons. The molecule has 0 bridgehead atoms. The Labute approximate surface area is 177 Å². The van der Waals surface area contributed by atoms with E-state index in [9.17, 15) is 13.2 Å². The first-order valence-electron chi connectivity index (χ1n) is 9.39. The lowest BCUT2D eigenvalue weighted by atomic mass is 10.1. The Morgan fingerprint density at radius 1 is 0.967 bits per heavy atom. The van der Waals surface area contributed by atoms with Crippen LogP contribution in [-0.2, 0) is 16.6 Å². The highest BCUT2D eigenvalue weighted by molar-refractivity contribution is 7.89. The molecule has 0 aromatic heterocycles. The van der Waals surface area contributed by atoms with Crippen molar-refractivity contribution >= 4 is 21.6 Å². The zero-order valence-electron chi connectivity index (χ0n) is 17.1. The minimum atomic E-state index is -3.58. The van der Waals surface area contributed by atoms with Gasteiger partial charge in [-0.25, -0.2) is 12.7 Å². The molecule has 0 heterocycles. The molecule has 0 aliphatic heterocycles. The van der Waals surface area contributed by atoms with Crippen LogP contribution in [0.1, 0.15) is 21.5 Å². The average molecular weight is 425 g/mol. The summed E-state index contributed by atoms with van der Waals surface area (Å²) in [7, 11) is -0.646. The molecule has 0 unspecified atom stereocenters. The van der Waals surface area contributed by atoms with E-state index in [0.29, 0.717) is 17.9 Å². The molecule has 3 aromatic rings. The fraction of sp³-hybridized carbons (Fsp3) is 0.174. The molecule has 1 N–H and O–H groups in total. The van der Waals surface area contributed by atoms with E-state index in [4.69, 9.17) is 4.74 Å². The molecule has 0 aliphatic carbocycles.